The van der Waals surface area contributed by atoms with Crippen molar-refractivity contribution in [1.29, 1.82) is 0 Å². The molecule has 0 fully saturated rings. The van der Waals surface area contributed by atoms with E-state index in [1.807, 2.05) is 0 Å². The number of rotatable bonds is 4. The predicted molar refractivity (Wildman–Crippen MR) is 79.4 cm³/mol. The second kappa shape index (κ2) is 6.45. The molecule has 0 radical (unpaired) electrons. The number of aryl methyl sites for hydroxylation is 1. The van der Waals surface area contributed by atoms with Gasteiger partial charge in [-0.05, 0) is 19.1 Å². The number of aromatic nitrogens is 1. The van der Waals surface area contributed by atoms with Gasteiger partial charge in [-0.1, -0.05) is 0 Å². The molecule has 0 bridgehead atoms. The van der Waals surface area contributed by atoms with Gasteiger partial charge in [0.05, 0.1) is 19.9 Å². The van der Waals surface area contributed by atoms with Crippen molar-refractivity contribution in [3.63, 3.8) is 0 Å². The smallest absolute Gasteiger partial charge is 0.443 e. The number of carbonyl (C=O) groups is 1. The fourth-order valence-electron chi connectivity index (χ4n) is 1.83. The Kier molecular flexibility index (Phi) is 4.79. The van der Waals surface area contributed by atoms with Crippen molar-refractivity contribution in [3.05, 3.63) is 33.8 Å². The van der Waals surface area contributed by atoms with Crippen LogP contribution in [0.25, 0.3) is 0 Å². The van der Waals surface area contributed by atoms with Gasteiger partial charge >= 0.3 is 6.18 Å². The van der Waals surface area contributed by atoms with Gasteiger partial charge in [0.15, 0.2) is 16.5 Å². The van der Waals surface area contributed by atoms with E-state index in [1.54, 1.807) is 12.1 Å². The summed E-state index contributed by atoms with van der Waals surface area (Å²) in [6.45, 7) is 1.36. The van der Waals surface area contributed by atoms with E-state index in [2.05, 4.69) is 10.3 Å². The normalized spacial score (nSPS) is 11.2. The minimum absolute atomic E-state index is 0.0281. The standard InChI is InChI=1S/C14H13F3N2O3S/c1-7-11(23-13(18-7)14(15,16)17)12(20)19-8-4-5-9(21-2)10(6-8)22-3/h4-6H,1-3H3,(H,19,20). The Bertz CT molecular complexity index is 729. The van der Waals surface area contributed by atoms with Crippen LogP contribution in [0, 0.1) is 6.92 Å². The lowest BCUT2D eigenvalue weighted by molar-refractivity contribution is -0.137. The molecule has 23 heavy (non-hydrogen) atoms. The first kappa shape index (κ1) is 17.1. The summed E-state index contributed by atoms with van der Waals surface area (Å²) in [6, 6.07) is 4.65. The van der Waals surface area contributed by atoms with E-state index < -0.39 is 17.1 Å². The third-order valence-corrected chi connectivity index (χ3v) is 4.09. The lowest BCUT2D eigenvalue weighted by Crippen LogP contribution is -2.11. The number of amides is 1. The van der Waals surface area contributed by atoms with Gasteiger partial charge in [-0.15, -0.1) is 11.3 Å². The van der Waals surface area contributed by atoms with Gasteiger partial charge in [0, 0.05) is 11.8 Å². The maximum atomic E-state index is 12.6. The molecule has 124 valence electrons. The van der Waals surface area contributed by atoms with E-state index in [0.29, 0.717) is 28.5 Å². The molecule has 5 nitrogen and oxygen atoms in total. The zero-order chi connectivity index (χ0) is 17.2. The molecule has 1 aromatic carbocycles. The minimum atomic E-state index is -4.57. The number of carbonyl (C=O) groups excluding carboxylic acids is 1. The number of nitrogens with zero attached hydrogens (tertiary/aromatic N) is 1. The molecule has 0 unspecified atom stereocenters. The van der Waals surface area contributed by atoms with Gasteiger partial charge in [0.25, 0.3) is 5.91 Å². The zero-order valence-corrected chi connectivity index (χ0v) is 13.3. The van der Waals surface area contributed by atoms with Gasteiger partial charge in [-0.3, -0.25) is 4.79 Å². The number of hydrogen-bond donors (Lipinski definition) is 1. The summed E-state index contributed by atoms with van der Waals surface area (Å²) in [6.07, 6.45) is -4.57. The molecule has 0 aliphatic heterocycles. The molecule has 2 aromatic rings. The average molecular weight is 346 g/mol. The van der Waals surface area contributed by atoms with Crippen molar-refractivity contribution in [2.24, 2.45) is 0 Å². The molecule has 0 aliphatic rings. The summed E-state index contributed by atoms with van der Waals surface area (Å²) >= 11 is 0.307. The largest absolute Gasteiger partial charge is 0.493 e. The van der Waals surface area contributed by atoms with E-state index >= 15 is 0 Å². The lowest BCUT2D eigenvalue weighted by atomic mass is 10.2. The topological polar surface area (TPSA) is 60.5 Å². The molecule has 1 amide bonds. The van der Waals surface area contributed by atoms with Gasteiger partial charge in [-0.2, -0.15) is 13.2 Å². The molecular formula is C14H13F3N2O3S. The van der Waals surface area contributed by atoms with E-state index in [0.717, 1.165) is 0 Å². The highest BCUT2D eigenvalue weighted by atomic mass is 32.1. The van der Waals surface area contributed by atoms with E-state index in [-0.39, 0.29) is 10.6 Å². The fraction of sp³-hybridized carbons (Fsp3) is 0.286. The SMILES string of the molecule is COc1ccc(NC(=O)c2sc(C(F)(F)F)nc2C)cc1OC. The molecule has 0 spiro atoms. The average Bonchev–Trinajstić information content (AvgIpc) is 2.89. The van der Waals surface area contributed by atoms with Crippen LogP contribution >= 0.6 is 11.3 Å². The van der Waals surface area contributed by atoms with E-state index in [4.69, 9.17) is 9.47 Å². The van der Waals surface area contributed by atoms with Gasteiger partial charge in [-0.25, -0.2) is 4.98 Å². The summed E-state index contributed by atoms with van der Waals surface area (Å²) in [7, 11) is 2.90. The Morgan fingerprint density at radius 3 is 2.39 bits per heavy atom. The van der Waals surface area contributed by atoms with Gasteiger partial charge in [0.1, 0.15) is 4.88 Å². The van der Waals surface area contributed by atoms with Gasteiger partial charge < -0.3 is 14.8 Å². The molecule has 1 heterocycles. The summed E-state index contributed by atoms with van der Waals surface area (Å²) in [5, 5.41) is 1.47. The number of ether oxygens (including phenoxy) is 2. The highest BCUT2D eigenvalue weighted by molar-refractivity contribution is 7.14. The number of halogens is 3. The van der Waals surface area contributed by atoms with Crippen LogP contribution in [-0.2, 0) is 6.18 Å². The minimum Gasteiger partial charge on any atom is -0.493 e. The summed E-state index contributed by atoms with van der Waals surface area (Å²) in [5.74, 6) is 0.198. The molecule has 1 aromatic heterocycles. The summed E-state index contributed by atoms with van der Waals surface area (Å²) in [4.78, 5) is 15.5. The van der Waals surface area contributed by atoms with Crippen LogP contribution in [-0.4, -0.2) is 25.1 Å². The molecule has 0 atom stereocenters. The lowest BCUT2D eigenvalue weighted by Gasteiger charge is -2.10. The van der Waals surface area contributed by atoms with E-state index in [9.17, 15) is 18.0 Å². The van der Waals surface area contributed by atoms with Crippen LogP contribution in [0.1, 0.15) is 20.4 Å². The Hall–Kier alpha value is -2.29. The second-order valence-corrected chi connectivity index (χ2v) is 5.45. The van der Waals surface area contributed by atoms with Crippen molar-refractivity contribution >= 4 is 22.9 Å². The first-order valence-electron chi connectivity index (χ1n) is 6.34. The quantitative estimate of drug-likeness (QED) is 0.916. The number of methoxy groups -OCH3 is 2. The van der Waals surface area contributed by atoms with Gasteiger partial charge in [0.2, 0.25) is 0 Å². The molecule has 1 N–H and O–H groups in total. The van der Waals surface area contributed by atoms with Crippen molar-refractivity contribution in [2.75, 3.05) is 19.5 Å². The highest BCUT2D eigenvalue weighted by Crippen LogP contribution is 2.35. The van der Waals surface area contributed by atoms with Crippen LogP contribution < -0.4 is 14.8 Å². The number of anilines is 1. The first-order chi connectivity index (χ1) is 10.8. The van der Waals surface area contributed by atoms with Crippen LogP contribution in [0.15, 0.2) is 18.2 Å². The van der Waals surface area contributed by atoms with Crippen molar-refractivity contribution < 1.29 is 27.4 Å². The maximum Gasteiger partial charge on any atom is 0.443 e. The molecule has 0 aliphatic carbocycles. The predicted octanol–water partition coefficient (Wildman–Crippen LogP) is 3.74. The van der Waals surface area contributed by atoms with Crippen LogP contribution in [0.2, 0.25) is 0 Å². The second-order valence-electron chi connectivity index (χ2n) is 4.46. The molecule has 0 saturated heterocycles. The Morgan fingerprint density at radius 1 is 1.22 bits per heavy atom. The molecule has 2 rings (SSSR count). The van der Waals surface area contributed by atoms with E-state index in [1.165, 1.54) is 27.2 Å². The molecule has 9 heteroatoms. The third-order valence-electron chi connectivity index (χ3n) is 2.89. The number of alkyl halides is 3. The third kappa shape index (κ3) is 3.73. The van der Waals surface area contributed by atoms with Crippen molar-refractivity contribution in [2.45, 2.75) is 13.1 Å². The van der Waals surface area contributed by atoms with Crippen LogP contribution in [0.4, 0.5) is 18.9 Å². The Balaban J connectivity index is 2.24. The Labute approximate surface area is 134 Å². The van der Waals surface area contributed by atoms with Crippen molar-refractivity contribution in [1.82, 2.24) is 4.98 Å². The summed E-state index contributed by atoms with van der Waals surface area (Å²) < 4.78 is 48.1. The maximum absolute atomic E-state index is 12.6. The Morgan fingerprint density at radius 2 is 1.87 bits per heavy atom. The zero-order valence-electron chi connectivity index (χ0n) is 12.4. The van der Waals surface area contributed by atoms with Crippen LogP contribution in [0.5, 0.6) is 11.5 Å². The number of hydrogen-bond acceptors (Lipinski definition) is 5. The van der Waals surface area contributed by atoms with Crippen LogP contribution in [0.3, 0.4) is 0 Å². The molecular weight excluding hydrogens is 333 g/mol. The highest BCUT2D eigenvalue weighted by Gasteiger charge is 2.36. The summed E-state index contributed by atoms with van der Waals surface area (Å²) in [5.41, 5.74) is 0.398. The first-order valence-corrected chi connectivity index (χ1v) is 7.16. The molecule has 0 saturated carbocycles. The number of benzene rings is 1. The van der Waals surface area contributed by atoms with Crippen molar-refractivity contribution in [3.8, 4) is 11.5 Å². The monoisotopic (exact) mass is 346 g/mol. The fourth-order valence-corrected chi connectivity index (χ4v) is 2.66. The number of nitrogens with one attached hydrogen (secondary N) is 1. The number of thiazole rings is 1.